The van der Waals surface area contributed by atoms with Crippen LogP contribution in [0.4, 0.5) is 14.6 Å². The first kappa shape index (κ1) is 20.5. The molecule has 0 saturated carbocycles. The van der Waals surface area contributed by atoms with Crippen molar-refractivity contribution in [2.24, 2.45) is 0 Å². The second-order valence-corrected chi connectivity index (χ2v) is 7.54. The van der Waals surface area contributed by atoms with Crippen molar-refractivity contribution in [3.8, 4) is 17.1 Å². The minimum Gasteiger partial charge on any atom is -0.492 e. The molecule has 1 fully saturated rings. The number of nitrogens with zero attached hydrogens (tertiary/aromatic N) is 2. The van der Waals surface area contributed by atoms with Gasteiger partial charge < -0.3 is 15.4 Å². The Morgan fingerprint density at radius 2 is 1.97 bits per heavy atom. The van der Waals surface area contributed by atoms with Crippen molar-refractivity contribution in [1.82, 2.24) is 15.3 Å². The number of benzene rings is 2. The molecule has 1 unspecified atom stereocenters. The zero-order valence-electron chi connectivity index (χ0n) is 16.2. The van der Waals surface area contributed by atoms with Crippen LogP contribution in [0.25, 0.3) is 11.4 Å². The minimum atomic E-state index is -0.614. The third kappa shape index (κ3) is 5.04. The smallest absolute Gasteiger partial charge is 0.183 e. The molecule has 1 aliphatic heterocycles. The van der Waals surface area contributed by atoms with Gasteiger partial charge in [-0.05, 0) is 55.8 Å². The van der Waals surface area contributed by atoms with E-state index in [1.54, 1.807) is 12.1 Å². The number of rotatable bonds is 7. The van der Waals surface area contributed by atoms with Crippen LogP contribution < -0.4 is 15.4 Å². The molecule has 1 aliphatic rings. The summed E-state index contributed by atoms with van der Waals surface area (Å²) in [5.74, 6) is 0.0396. The van der Waals surface area contributed by atoms with E-state index in [0.29, 0.717) is 29.1 Å². The van der Waals surface area contributed by atoms with Gasteiger partial charge in [0.05, 0.1) is 6.20 Å². The lowest BCUT2D eigenvalue weighted by Crippen LogP contribution is -2.28. The van der Waals surface area contributed by atoms with Crippen molar-refractivity contribution >= 4 is 17.4 Å². The van der Waals surface area contributed by atoms with E-state index >= 15 is 0 Å². The van der Waals surface area contributed by atoms with Gasteiger partial charge in [0.1, 0.15) is 18.2 Å². The summed E-state index contributed by atoms with van der Waals surface area (Å²) in [6, 6.07) is 12.1. The van der Waals surface area contributed by atoms with E-state index in [9.17, 15) is 8.78 Å². The highest BCUT2D eigenvalue weighted by Gasteiger charge is 2.15. The highest BCUT2D eigenvalue weighted by molar-refractivity contribution is 6.30. The molecule has 156 valence electrons. The third-order valence-electron chi connectivity index (χ3n) is 4.93. The molecule has 0 aliphatic carbocycles. The lowest BCUT2D eigenvalue weighted by atomic mass is 10.2. The zero-order chi connectivity index (χ0) is 20.9. The molecule has 0 radical (unpaired) electrons. The minimum absolute atomic E-state index is 0.00184. The Bertz CT molecular complexity index is 1010. The Morgan fingerprint density at radius 3 is 2.70 bits per heavy atom. The van der Waals surface area contributed by atoms with E-state index in [2.05, 4.69) is 20.6 Å². The summed E-state index contributed by atoms with van der Waals surface area (Å²) in [5, 5.41) is 6.51. The molecule has 1 saturated heterocycles. The van der Waals surface area contributed by atoms with Gasteiger partial charge in [0.25, 0.3) is 0 Å². The van der Waals surface area contributed by atoms with Gasteiger partial charge in [-0.2, -0.15) is 0 Å². The average molecular weight is 431 g/mol. The maximum Gasteiger partial charge on any atom is 0.183 e. The molecular formula is C22H21ClF2N4O. The summed E-state index contributed by atoms with van der Waals surface area (Å²) in [7, 11) is 0. The van der Waals surface area contributed by atoms with Crippen molar-refractivity contribution in [2.45, 2.75) is 25.4 Å². The van der Waals surface area contributed by atoms with Gasteiger partial charge in [-0.3, -0.25) is 0 Å². The molecule has 0 bridgehead atoms. The van der Waals surface area contributed by atoms with Gasteiger partial charge >= 0.3 is 0 Å². The number of halogens is 3. The number of hydrogen-bond acceptors (Lipinski definition) is 5. The Morgan fingerprint density at radius 1 is 1.13 bits per heavy atom. The van der Waals surface area contributed by atoms with Gasteiger partial charge in [0, 0.05) is 28.7 Å². The van der Waals surface area contributed by atoms with Gasteiger partial charge in [-0.1, -0.05) is 17.7 Å². The fourth-order valence-electron chi connectivity index (χ4n) is 3.27. The largest absolute Gasteiger partial charge is 0.492 e. The van der Waals surface area contributed by atoms with E-state index in [-0.39, 0.29) is 12.4 Å². The van der Waals surface area contributed by atoms with E-state index in [1.165, 1.54) is 12.5 Å². The summed E-state index contributed by atoms with van der Waals surface area (Å²) >= 11 is 5.76. The summed E-state index contributed by atoms with van der Waals surface area (Å²) < 4.78 is 33.9. The maximum absolute atomic E-state index is 14.1. The fraction of sp³-hybridized carbons (Fsp3) is 0.273. The summed E-state index contributed by atoms with van der Waals surface area (Å²) in [5.41, 5.74) is 1.08. The van der Waals surface area contributed by atoms with E-state index in [0.717, 1.165) is 30.5 Å². The molecular weight excluding hydrogens is 410 g/mol. The monoisotopic (exact) mass is 430 g/mol. The molecule has 0 spiro atoms. The average Bonchev–Trinajstić information content (AvgIpc) is 3.27. The summed E-state index contributed by atoms with van der Waals surface area (Å²) in [6.45, 7) is 1.73. The number of hydrogen-bond donors (Lipinski definition) is 2. The molecule has 5 nitrogen and oxygen atoms in total. The van der Waals surface area contributed by atoms with E-state index < -0.39 is 11.6 Å². The normalized spacial score (nSPS) is 15.9. The Kier molecular flexibility index (Phi) is 6.40. The van der Waals surface area contributed by atoms with Crippen LogP contribution in [0.15, 0.2) is 48.7 Å². The van der Waals surface area contributed by atoms with Crippen LogP contribution in [0, 0.1) is 11.6 Å². The van der Waals surface area contributed by atoms with Crippen molar-refractivity contribution < 1.29 is 13.5 Å². The van der Waals surface area contributed by atoms with Crippen molar-refractivity contribution in [3.63, 3.8) is 0 Å². The first-order chi connectivity index (χ1) is 14.6. The standard InChI is InChI=1S/C22H21ClF2N4O/c23-16-6-3-15(19(24)10-16)11-27-22-20(25)12-28-21(29-22)14-4-7-18(8-5-14)30-13-17-2-1-9-26-17/h3-8,10,12,17,26H,1-2,9,11,13H2,(H,27,28,29). The Balaban J connectivity index is 1.42. The van der Waals surface area contributed by atoms with Crippen LogP contribution in [-0.2, 0) is 6.54 Å². The van der Waals surface area contributed by atoms with Crippen molar-refractivity contribution in [1.29, 1.82) is 0 Å². The van der Waals surface area contributed by atoms with Gasteiger partial charge in [0.2, 0.25) is 0 Å². The first-order valence-corrected chi connectivity index (χ1v) is 10.1. The molecule has 2 N–H and O–H groups in total. The van der Waals surface area contributed by atoms with Crippen LogP contribution >= 0.6 is 11.6 Å². The highest BCUT2D eigenvalue weighted by atomic mass is 35.5. The third-order valence-corrected chi connectivity index (χ3v) is 5.17. The Labute approximate surface area is 178 Å². The van der Waals surface area contributed by atoms with E-state index in [4.69, 9.17) is 16.3 Å². The van der Waals surface area contributed by atoms with Crippen LogP contribution in [0.5, 0.6) is 5.75 Å². The predicted molar refractivity (Wildman–Crippen MR) is 113 cm³/mol. The lowest BCUT2D eigenvalue weighted by Gasteiger charge is -2.12. The van der Waals surface area contributed by atoms with Gasteiger partial charge in [-0.25, -0.2) is 18.7 Å². The SMILES string of the molecule is Fc1cc(Cl)ccc1CNc1nc(-c2ccc(OCC3CCCN3)cc2)ncc1F. The lowest BCUT2D eigenvalue weighted by molar-refractivity contribution is 0.277. The number of anilines is 1. The Hall–Kier alpha value is -2.77. The summed E-state index contributed by atoms with van der Waals surface area (Å²) in [4.78, 5) is 8.31. The second-order valence-electron chi connectivity index (χ2n) is 7.11. The molecule has 8 heteroatoms. The number of aromatic nitrogens is 2. The zero-order valence-corrected chi connectivity index (χ0v) is 16.9. The molecule has 2 aromatic carbocycles. The molecule has 3 aromatic rings. The predicted octanol–water partition coefficient (Wildman–Crippen LogP) is 4.82. The molecule has 2 heterocycles. The van der Waals surface area contributed by atoms with Crippen LogP contribution in [0.3, 0.4) is 0 Å². The molecule has 30 heavy (non-hydrogen) atoms. The topological polar surface area (TPSA) is 59.1 Å². The van der Waals surface area contributed by atoms with Gasteiger partial charge in [0.15, 0.2) is 17.5 Å². The molecule has 1 aromatic heterocycles. The van der Waals surface area contributed by atoms with Crippen LogP contribution in [0.1, 0.15) is 18.4 Å². The number of ether oxygens (including phenoxy) is 1. The van der Waals surface area contributed by atoms with Crippen molar-refractivity contribution in [2.75, 3.05) is 18.5 Å². The van der Waals surface area contributed by atoms with Crippen molar-refractivity contribution in [3.05, 3.63) is 70.9 Å². The summed E-state index contributed by atoms with van der Waals surface area (Å²) in [6.07, 6.45) is 3.39. The highest BCUT2D eigenvalue weighted by Crippen LogP contribution is 2.23. The number of nitrogens with one attached hydrogen (secondary N) is 2. The molecule has 1 atom stereocenters. The van der Waals surface area contributed by atoms with Gasteiger partial charge in [-0.15, -0.1) is 0 Å². The quantitative estimate of drug-likeness (QED) is 0.563. The first-order valence-electron chi connectivity index (χ1n) is 9.75. The molecule has 4 rings (SSSR count). The molecule has 0 amide bonds. The van der Waals surface area contributed by atoms with Crippen LogP contribution in [-0.4, -0.2) is 29.2 Å². The maximum atomic E-state index is 14.1. The second kappa shape index (κ2) is 9.36. The fourth-order valence-corrected chi connectivity index (χ4v) is 3.43. The van der Waals surface area contributed by atoms with Crippen LogP contribution in [0.2, 0.25) is 5.02 Å². The van der Waals surface area contributed by atoms with E-state index in [1.807, 2.05) is 24.3 Å².